The first kappa shape index (κ1) is 28.8. The number of carbonyl (C=O) groups excluding carboxylic acids is 3. The van der Waals surface area contributed by atoms with Crippen LogP contribution in [0.25, 0.3) is 10.2 Å². The van der Waals surface area contributed by atoms with Gasteiger partial charge in [-0.05, 0) is 69.2 Å². The summed E-state index contributed by atoms with van der Waals surface area (Å²) in [5, 5.41) is 5.66. The number of aromatic nitrogens is 1. The Bertz CT molecular complexity index is 1600. The molecule has 1 fully saturated rings. The molecule has 10 heteroatoms. The normalized spacial score (nSPS) is 14.1. The van der Waals surface area contributed by atoms with E-state index in [4.69, 9.17) is 4.74 Å². The molecule has 212 valence electrons. The van der Waals surface area contributed by atoms with Crippen LogP contribution in [0, 0.1) is 20.8 Å². The van der Waals surface area contributed by atoms with Crippen LogP contribution in [-0.2, 0) is 9.53 Å². The van der Waals surface area contributed by atoms with Crippen molar-refractivity contribution in [1.29, 1.82) is 0 Å². The SMILES string of the molecule is Cc1cc(C)c(NC(=O)[C@@H](C)Sc2nc3ccc(NC(=O)c4ccccc4C(=O)N4CCOCC4)cc3s2)c(C)c1. The second-order valence-corrected chi connectivity index (χ2v) is 12.7. The minimum Gasteiger partial charge on any atom is -0.378 e. The van der Waals surface area contributed by atoms with Crippen molar-refractivity contribution in [1.82, 2.24) is 9.88 Å². The Morgan fingerprint density at radius 1 is 0.951 bits per heavy atom. The van der Waals surface area contributed by atoms with Gasteiger partial charge in [-0.15, -0.1) is 11.3 Å². The fourth-order valence-corrected chi connectivity index (χ4v) is 7.09. The van der Waals surface area contributed by atoms with Crippen molar-refractivity contribution in [3.8, 4) is 0 Å². The molecule has 0 saturated carbocycles. The molecule has 8 nitrogen and oxygen atoms in total. The van der Waals surface area contributed by atoms with Gasteiger partial charge in [0.1, 0.15) is 0 Å². The lowest BCUT2D eigenvalue weighted by Gasteiger charge is -2.27. The standard InChI is InChI=1S/C31H32N4O4S2/c1-18-15-19(2)27(20(3)16-18)34-28(36)21(4)40-31-33-25-10-9-22(17-26(25)41-31)32-29(37)23-7-5-6-8-24(23)30(38)35-11-13-39-14-12-35/h5-10,15-17,21H,11-14H2,1-4H3,(H,32,37)(H,34,36)/t21-/m1/s1. The van der Waals surface area contributed by atoms with Crippen molar-refractivity contribution >= 4 is 62.4 Å². The predicted molar refractivity (Wildman–Crippen MR) is 165 cm³/mol. The second kappa shape index (κ2) is 12.4. The molecule has 3 aromatic carbocycles. The fraction of sp³-hybridized carbons (Fsp3) is 0.290. The molecule has 4 aromatic rings. The molecular weight excluding hydrogens is 556 g/mol. The van der Waals surface area contributed by atoms with Gasteiger partial charge in [0.05, 0.1) is 39.8 Å². The number of morpholine rings is 1. The minimum atomic E-state index is -0.354. The number of amides is 3. The molecule has 0 bridgehead atoms. The summed E-state index contributed by atoms with van der Waals surface area (Å²) in [7, 11) is 0. The number of benzene rings is 3. The number of thioether (sulfide) groups is 1. The van der Waals surface area contributed by atoms with E-state index in [-0.39, 0.29) is 23.0 Å². The first-order valence-corrected chi connectivity index (χ1v) is 15.1. The summed E-state index contributed by atoms with van der Waals surface area (Å²) in [6, 6.07) is 16.5. The Morgan fingerprint density at radius 2 is 1.63 bits per heavy atom. The van der Waals surface area contributed by atoms with E-state index in [1.807, 2.05) is 39.8 Å². The monoisotopic (exact) mass is 588 g/mol. The Balaban J connectivity index is 1.27. The molecule has 1 aromatic heterocycles. The summed E-state index contributed by atoms with van der Waals surface area (Å²) in [4.78, 5) is 45.7. The highest BCUT2D eigenvalue weighted by Crippen LogP contribution is 2.34. The molecule has 41 heavy (non-hydrogen) atoms. The molecule has 2 N–H and O–H groups in total. The average Bonchev–Trinajstić information content (AvgIpc) is 3.36. The molecular formula is C31H32N4O4S2. The van der Waals surface area contributed by atoms with Gasteiger partial charge in [-0.2, -0.15) is 0 Å². The van der Waals surface area contributed by atoms with Crippen molar-refractivity contribution in [2.45, 2.75) is 37.3 Å². The topological polar surface area (TPSA) is 101 Å². The molecule has 0 unspecified atom stereocenters. The van der Waals surface area contributed by atoms with Crippen molar-refractivity contribution in [2.75, 3.05) is 36.9 Å². The van der Waals surface area contributed by atoms with E-state index in [0.29, 0.717) is 43.1 Å². The van der Waals surface area contributed by atoms with Crippen LogP contribution >= 0.6 is 23.1 Å². The number of aryl methyl sites for hydroxylation is 3. The van der Waals surface area contributed by atoms with Gasteiger partial charge in [0.25, 0.3) is 11.8 Å². The Kier molecular flexibility index (Phi) is 8.72. The van der Waals surface area contributed by atoms with Crippen molar-refractivity contribution < 1.29 is 19.1 Å². The number of fused-ring (bicyclic) bond motifs is 1. The summed E-state index contributed by atoms with van der Waals surface area (Å²) < 4.78 is 7.01. The second-order valence-electron chi connectivity index (χ2n) is 10.1. The van der Waals surface area contributed by atoms with E-state index in [2.05, 4.69) is 27.8 Å². The lowest BCUT2D eigenvalue weighted by molar-refractivity contribution is -0.115. The molecule has 1 atom stereocenters. The lowest BCUT2D eigenvalue weighted by Crippen LogP contribution is -2.41. The van der Waals surface area contributed by atoms with Crippen LogP contribution in [0.2, 0.25) is 0 Å². The molecule has 2 heterocycles. The zero-order chi connectivity index (χ0) is 29.1. The van der Waals surface area contributed by atoms with Crippen LogP contribution < -0.4 is 10.6 Å². The number of thiazole rings is 1. The van der Waals surface area contributed by atoms with Crippen LogP contribution in [0.3, 0.4) is 0 Å². The Hall–Kier alpha value is -3.73. The Labute approximate surface area is 247 Å². The first-order chi connectivity index (χ1) is 19.7. The number of nitrogens with one attached hydrogen (secondary N) is 2. The maximum Gasteiger partial charge on any atom is 0.256 e. The van der Waals surface area contributed by atoms with E-state index >= 15 is 0 Å². The average molecular weight is 589 g/mol. The summed E-state index contributed by atoms with van der Waals surface area (Å²) in [5.41, 5.74) is 6.17. The van der Waals surface area contributed by atoms with Crippen LogP contribution in [0.15, 0.2) is 58.9 Å². The molecule has 3 amide bonds. The highest BCUT2D eigenvalue weighted by atomic mass is 32.2. The van der Waals surface area contributed by atoms with E-state index < -0.39 is 0 Å². The first-order valence-electron chi connectivity index (χ1n) is 13.4. The van der Waals surface area contributed by atoms with Gasteiger partial charge in [-0.25, -0.2) is 4.98 Å². The summed E-state index contributed by atoms with van der Waals surface area (Å²) in [5.74, 6) is -0.611. The van der Waals surface area contributed by atoms with Crippen molar-refractivity contribution in [3.63, 3.8) is 0 Å². The van der Waals surface area contributed by atoms with Gasteiger partial charge in [0.2, 0.25) is 5.91 Å². The predicted octanol–water partition coefficient (Wildman–Crippen LogP) is 6.07. The Morgan fingerprint density at radius 3 is 2.34 bits per heavy atom. The molecule has 0 radical (unpaired) electrons. The number of rotatable bonds is 7. The highest BCUT2D eigenvalue weighted by Gasteiger charge is 2.24. The summed E-state index contributed by atoms with van der Waals surface area (Å²) in [6.45, 7) is 9.89. The molecule has 1 aliphatic heterocycles. The molecule has 0 spiro atoms. The van der Waals surface area contributed by atoms with Crippen LogP contribution in [0.1, 0.15) is 44.3 Å². The number of hydrogen-bond acceptors (Lipinski definition) is 7. The number of nitrogens with zero attached hydrogens (tertiary/aromatic N) is 2. The highest BCUT2D eigenvalue weighted by molar-refractivity contribution is 8.02. The largest absolute Gasteiger partial charge is 0.378 e. The third kappa shape index (κ3) is 6.61. The lowest BCUT2D eigenvalue weighted by atomic mass is 10.0. The van der Waals surface area contributed by atoms with Crippen LogP contribution in [-0.4, -0.2) is 59.2 Å². The van der Waals surface area contributed by atoms with E-state index in [1.165, 1.54) is 23.1 Å². The summed E-state index contributed by atoms with van der Waals surface area (Å²) in [6.07, 6.45) is 0. The third-order valence-corrected chi connectivity index (χ3v) is 9.11. The zero-order valence-electron chi connectivity index (χ0n) is 23.4. The molecule has 1 saturated heterocycles. The number of ether oxygens (including phenoxy) is 1. The third-order valence-electron chi connectivity index (χ3n) is 6.90. The van der Waals surface area contributed by atoms with Crippen LogP contribution in [0.5, 0.6) is 0 Å². The van der Waals surface area contributed by atoms with E-state index in [0.717, 1.165) is 36.9 Å². The van der Waals surface area contributed by atoms with Gasteiger partial charge >= 0.3 is 0 Å². The minimum absolute atomic E-state index is 0.0810. The van der Waals surface area contributed by atoms with Gasteiger partial charge in [0.15, 0.2) is 4.34 Å². The van der Waals surface area contributed by atoms with Crippen molar-refractivity contribution in [2.24, 2.45) is 0 Å². The molecule has 0 aliphatic carbocycles. The smallest absolute Gasteiger partial charge is 0.256 e. The van der Waals surface area contributed by atoms with E-state index in [1.54, 1.807) is 35.2 Å². The van der Waals surface area contributed by atoms with Gasteiger partial charge in [-0.1, -0.05) is 41.6 Å². The fourth-order valence-electron chi connectivity index (χ4n) is 4.84. The maximum atomic E-state index is 13.2. The number of carbonyl (C=O) groups is 3. The number of hydrogen-bond donors (Lipinski definition) is 2. The van der Waals surface area contributed by atoms with Gasteiger partial charge in [0, 0.05) is 24.5 Å². The zero-order valence-corrected chi connectivity index (χ0v) is 25.1. The van der Waals surface area contributed by atoms with Gasteiger partial charge < -0.3 is 20.3 Å². The van der Waals surface area contributed by atoms with Crippen molar-refractivity contribution in [3.05, 3.63) is 82.4 Å². The van der Waals surface area contributed by atoms with Gasteiger partial charge in [-0.3, -0.25) is 14.4 Å². The quantitative estimate of drug-likeness (QED) is 0.254. The molecule has 5 rings (SSSR count). The maximum absolute atomic E-state index is 13.2. The summed E-state index contributed by atoms with van der Waals surface area (Å²) >= 11 is 2.87. The molecule has 1 aliphatic rings. The van der Waals surface area contributed by atoms with E-state index in [9.17, 15) is 14.4 Å². The number of anilines is 2. The van der Waals surface area contributed by atoms with Crippen LogP contribution in [0.4, 0.5) is 11.4 Å².